The van der Waals surface area contributed by atoms with Gasteiger partial charge in [0, 0.05) is 20.0 Å². The van der Waals surface area contributed by atoms with E-state index in [1.165, 1.54) is 0 Å². The zero-order chi connectivity index (χ0) is 12.5. The molecule has 17 heavy (non-hydrogen) atoms. The molecule has 0 aliphatic heterocycles. The van der Waals surface area contributed by atoms with Gasteiger partial charge in [0.1, 0.15) is 12.2 Å². The number of aromatic nitrogens is 3. The van der Waals surface area contributed by atoms with Crippen LogP contribution in [-0.4, -0.2) is 33.7 Å². The molecular weight excluding hydrogens is 224 g/mol. The van der Waals surface area contributed by atoms with Gasteiger partial charge in [0.25, 0.3) is 6.20 Å². The smallest absolute Gasteiger partial charge is 0.274 e. The van der Waals surface area contributed by atoms with E-state index in [4.69, 9.17) is 0 Å². The molecular formula is C9H16N6O2. The lowest BCUT2D eigenvalue weighted by atomic mass is 10.2. The van der Waals surface area contributed by atoms with Crippen molar-refractivity contribution in [1.29, 1.82) is 0 Å². The summed E-state index contributed by atoms with van der Waals surface area (Å²) in [5.74, 6) is 1.20. The fraction of sp³-hybridized carbons (Fsp3) is 0.556. The van der Waals surface area contributed by atoms with Gasteiger partial charge >= 0.3 is 0 Å². The highest BCUT2D eigenvalue weighted by molar-refractivity contribution is 4.90. The fourth-order valence-corrected chi connectivity index (χ4v) is 1.29. The molecule has 0 aromatic carbocycles. The van der Waals surface area contributed by atoms with Crippen LogP contribution in [0.2, 0.25) is 0 Å². The number of rotatable bonds is 8. The van der Waals surface area contributed by atoms with E-state index in [1.807, 2.05) is 0 Å². The molecule has 0 radical (unpaired) electrons. The van der Waals surface area contributed by atoms with E-state index in [0.29, 0.717) is 12.4 Å². The lowest BCUT2D eigenvalue weighted by molar-refractivity contribution is -0.404. The molecule has 1 aromatic heterocycles. The summed E-state index contributed by atoms with van der Waals surface area (Å²) >= 11 is 0. The van der Waals surface area contributed by atoms with Gasteiger partial charge in [-0.05, 0) is 12.8 Å². The first-order valence-electron chi connectivity index (χ1n) is 5.34. The summed E-state index contributed by atoms with van der Waals surface area (Å²) < 4.78 is 0. The van der Waals surface area contributed by atoms with Crippen LogP contribution in [0.15, 0.2) is 18.3 Å². The minimum Gasteiger partial charge on any atom is -0.370 e. The second-order valence-electron chi connectivity index (χ2n) is 3.38. The standard InChI is InChI=1S/C9H16N6O2/c1-10-9(6-15(16)17)11-5-3-2-4-8-12-7-13-14-8/h6-7,10-11H,2-5H2,1H3,(H,12,13,14). The van der Waals surface area contributed by atoms with Crippen molar-refractivity contribution in [2.24, 2.45) is 0 Å². The molecule has 8 nitrogen and oxygen atoms in total. The van der Waals surface area contributed by atoms with Crippen molar-refractivity contribution in [3.63, 3.8) is 0 Å². The maximum atomic E-state index is 10.2. The number of nitrogens with zero attached hydrogens (tertiary/aromatic N) is 3. The van der Waals surface area contributed by atoms with Crippen molar-refractivity contribution in [2.45, 2.75) is 19.3 Å². The topological polar surface area (TPSA) is 109 Å². The summed E-state index contributed by atoms with van der Waals surface area (Å²) in [6.45, 7) is 0.672. The summed E-state index contributed by atoms with van der Waals surface area (Å²) in [6.07, 6.45) is 5.09. The molecule has 0 aliphatic rings. The number of hydrogen-bond donors (Lipinski definition) is 3. The first-order chi connectivity index (χ1) is 8.22. The highest BCUT2D eigenvalue weighted by atomic mass is 16.6. The lowest BCUT2D eigenvalue weighted by Crippen LogP contribution is -2.25. The van der Waals surface area contributed by atoms with E-state index in [2.05, 4.69) is 25.8 Å². The second-order valence-corrected chi connectivity index (χ2v) is 3.38. The van der Waals surface area contributed by atoms with Crippen LogP contribution >= 0.6 is 0 Å². The van der Waals surface area contributed by atoms with Gasteiger partial charge in [0.15, 0.2) is 5.82 Å². The van der Waals surface area contributed by atoms with Gasteiger partial charge < -0.3 is 10.6 Å². The molecule has 1 rings (SSSR count). The minimum atomic E-state index is -0.494. The summed E-state index contributed by atoms with van der Waals surface area (Å²) in [5, 5.41) is 22.5. The first kappa shape index (κ1) is 12.9. The number of unbranched alkanes of at least 4 members (excludes halogenated alkanes) is 1. The number of hydrogen-bond acceptors (Lipinski definition) is 6. The predicted octanol–water partition coefficient (Wildman–Crippen LogP) is 0.0120. The van der Waals surface area contributed by atoms with Gasteiger partial charge in [0.2, 0.25) is 0 Å². The third kappa shape index (κ3) is 5.50. The molecule has 0 bridgehead atoms. The van der Waals surface area contributed by atoms with Crippen LogP contribution in [0.4, 0.5) is 0 Å². The van der Waals surface area contributed by atoms with Gasteiger partial charge in [-0.3, -0.25) is 15.2 Å². The van der Waals surface area contributed by atoms with Crippen LogP contribution in [0.1, 0.15) is 18.7 Å². The van der Waals surface area contributed by atoms with Gasteiger partial charge in [-0.15, -0.1) is 0 Å². The SMILES string of the molecule is CNC(=C[N+](=O)[O-])NCCCCc1nc[nH]n1. The number of H-pyrrole nitrogens is 1. The van der Waals surface area contributed by atoms with Crippen molar-refractivity contribution in [3.05, 3.63) is 34.3 Å². The molecule has 0 amide bonds. The zero-order valence-electron chi connectivity index (χ0n) is 9.64. The molecule has 0 saturated heterocycles. The highest BCUT2D eigenvalue weighted by Crippen LogP contribution is 1.97. The zero-order valence-corrected chi connectivity index (χ0v) is 9.64. The van der Waals surface area contributed by atoms with E-state index in [0.717, 1.165) is 31.3 Å². The Bertz CT molecular complexity index is 362. The Morgan fingerprint density at radius 2 is 2.47 bits per heavy atom. The van der Waals surface area contributed by atoms with Crippen LogP contribution in [0.25, 0.3) is 0 Å². The molecule has 1 aromatic rings. The predicted molar refractivity (Wildman–Crippen MR) is 61.5 cm³/mol. The van der Waals surface area contributed by atoms with Crippen LogP contribution < -0.4 is 10.6 Å². The quantitative estimate of drug-likeness (QED) is 0.335. The Hall–Kier alpha value is -2.12. The monoisotopic (exact) mass is 240 g/mol. The maximum Gasteiger partial charge on any atom is 0.274 e. The van der Waals surface area contributed by atoms with E-state index in [-0.39, 0.29) is 0 Å². The molecule has 0 saturated carbocycles. The molecule has 0 spiro atoms. The summed E-state index contributed by atoms with van der Waals surface area (Å²) in [6, 6.07) is 0. The number of aryl methyl sites for hydroxylation is 1. The van der Waals surface area contributed by atoms with Crippen molar-refractivity contribution in [3.8, 4) is 0 Å². The Labute approximate surface area is 98.7 Å². The van der Waals surface area contributed by atoms with Gasteiger partial charge in [-0.1, -0.05) is 0 Å². The average molecular weight is 240 g/mol. The first-order valence-corrected chi connectivity index (χ1v) is 5.34. The molecule has 94 valence electrons. The van der Waals surface area contributed by atoms with Crippen LogP contribution in [0, 0.1) is 10.1 Å². The van der Waals surface area contributed by atoms with Crippen molar-refractivity contribution in [2.75, 3.05) is 13.6 Å². The van der Waals surface area contributed by atoms with E-state index in [1.54, 1.807) is 13.4 Å². The number of aromatic amines is 1. The Balaban J connectivity index is 2.13. The van der Waals surface area contributed by atoms with Crippen LogP contribution in [0.3, 0.4) is 0 Å². The van der Waals surface area contributed by atoms with E-state index in [9.17, 15) is 10.1 Å². The molecule has 8 heteroatoms. The van der Waals surface area contributed by atoms with Gasteiger partial charge in [-0.25, -0.2) is 4.98 Å². The van der Waals surface area contributed by atoms with Crippen molar-refractivity contribution in [1.82, 2.24) is 25.8 Å². The van der Waals surface area contributed by atoms with Crippen molar-refractivity contribution >= 4 is 0 Å². The van der Waals surface area contributed by atoms with Crippen LogP contribution in [0.5, 0.6) is 0 Å². The molecule has 0 unspecified atom stereocenters. The Morgan fingerprint density at radius 1 is 1.65 bits per heavy atom. The van der Waals surface area contributed by atoms with E-state index < -0.39 is 4.92 Å². The third-order valence-electron chi connectivity index (χ3n) is 2.11. The normalized spacial score (nSPS) is 11.2. The summed E-state index contributed by atoms with van der Waals surface area (Å²) in [5.41, 5.74) is 0. The van der Waals surface area contributed by atoms with Crippen molar-refractivity contribution < 1.29 is 4.92 Å². The Morgan fingerprint density at radius 3 is 3.06 bits per heavy atom. The third-order valence-corrected chi connectivity index (χ3v) is 2.11. The average Bonchev–Trinajstić information content (AvgIpc) is 2.79. The Kier molecular flexibility index (Phi) is 5.49. The molecule has 0 aliphatic carbocycles. The molecule has 0 atom stereocenters. The molecule has 3 N–H and O–H groups in total. The number of nitro groups is 1. The molecule has 1 heterocycles. The largest absolute Gasteiger partial charge is 0.370 e. The maximum absolute atomic E-state index is 10.2. The number of nitrogens with one attached hydrogen (secondary N) is 3. The summed E-state index contributed by atoms with van der Waals surface area (Å²) in [7, 11) is 1.63. The highest BCUT2D eigenvalue weighted by Gasteiger charge is 2.00. The lowest BCUT2D eigenvalue weighted by Gasteiger charge is -2.06. The van der Waals surface area contributed by atoms with Crippen LogP contribution in [-0.2, 0) is 6.42 Å². The molecule has 0 fully saturated rings. The minimum absolute atomic E-state index is 0.410. The van der Waals surface area contributed by atoms with Gasteiger partial charge in [-0.2, -0.15) is 5.10 Å². The van der Waals surface area contributed by atoms with E-state index >= 15 is 0 Å². The fourth-order valence-electron chi connectivity index (χ4n) is 1.29. The summed E-state index contributed by atoms with van der Waals surface area (Å²) in [4.78, 5) is 13.8. The second kappa shape index (κ2) is 7.20. The van der Waals surface area contributed by atoms with Gasteiger partial charge in [0.05, 0.1) is 4.92 Å².